The zero-order valence-corrected chi connectivity index (χ0v) is 18.7. The molecule has 0 saturated carbocycles. The largest absolute Gasteiger partial charge is 0.493 e. The Morgan fingerprint density at radius 2 is 1.87 bits per heavy atom. The van der Waals surface area contributed by atoms with Crippen molar-refractivity contribution in [3.8, 4) is 22.1 Å². The number of hydrogen-bond acceptors (Lipinski definition) is 6. The van der Waals surface area contributed by atoms with Crippen LogP contribution in [0, 0.1) is 0 Å². The predicted octanol–water partition coefficient (Wildman–Crippen LogP) is 4.60. The molecule has 162 valence electrons. The van der Waals surface area contributed by atoms with Crippen LogP contribution in [0.1, 0.15) is 24.1 Å². The van der Waals surface area contributed by atoms with E-state index in [-0.39, 0.29) is 12.3 Å². The summed E-state index contributed by atoms with van der Waals surface area (Å²) in [5.41, 5.74) is 3.73. The number of nitrogens with one attached hydrogen (secondary N) is 1. The van der Waals surface area contributed by atoms with Crippen LogP contribution in [0.3, 0.4) is 0 Å². The molecule has 1 saturated heterocycles. The van der Waals surface area contributed by atoms with E-state index in [9.17, 15) is 4.79 Å². The van der Waals surface area contributed by atoms with Crippen molar-refractivity contribution < 1.29 is 14.3 Å². The number of methoxy groups -OCH3 is 2. The Kier molecular flexibility index (Phi) is 6.84. The second-order valence-electron chi connectivity index (χ2n) is 7.58. The van der Waals surface area contributed by atoms with Crippen molar-refractivity contribution >= 4 is 22.9 Å². The number of anilines is 1. The number of amides is 1. The summed E-state index contributed by atoms with van der Waals surface area (Å²) < 4.78 is 10.7. The first kappa shape index (κ1) is 21.3. The molecule has 1 amide bonds. The first-order valence-electron chi connectivity index (χ1n) is 10.4. The quantitative estimate of drug-likeness (QED) is 0.558. The van der Waals surface area contributed by atoms with Gasteiger partial charge in [-0.25, -0.2) is 4.98 Å². The minimum absolute atomic E-state index is 0.0574. The van der Waals surface area contributed by atoms with Gasteiger partial charge < -0.3 is 14.8 Å². The molecule has 7 heteroatoms. The van der Waals surface area contributed by atoms with Crippen LogP contribution >= 0.6 is 11.3 Å². The van der Waals surface area contributed by atoms with E-state index in [0.29, 0.717) is 11.5 Å². The minimum atomic E-state index is -0.0574. The average Bonchev–Trinajstić information content (AvgIpc) is 3.47. The third-order valence-corrected chi connectivity index (χ3v) is 6.35. The molecule has 1 N–H and O–H groups in total. The molecule has 1 fully saturated rings. The van der Waals surface area contributed by atoms with Crippen molar-refractivity contribution in [3.05, 3.63) is 59.1 Å². The van der Waals surface area contributed by atoms with Gasteiger partial charge in [0.15, 0.2) is 11.5 Å². The van der Waals surface area contributed by atoms with Gasteiger partial charge in [-0.15, -0.1) is 11.3 Å². The normalized spacial score (nSPS) is 13.9. The summed E-state index contributed by atoms with van der Waals surface area (Å²) in [5.74, 6) is 1.28. The maximum Gasteiger partial charge on any atom is 0.230 e. The highest BCUT2D eigenvalue weighted by Crippen LogP contribution is 2.33. The minimum Gasteiger partial charge on any atom is -0.493 e. The lowest BCUT2D eigenvalue weighted by molar-refractivity contribution is -0.115. The number of carbonyl (C=O) groups is 1. The van der Waals surface area contributed by atoms with E-state index in [1.54, 1.807) is 14.2 Å². The molecular formula is C24H27N3O3S. The molecule has 0 unspecified atom stereocenters. The number of aromatic nitrogens is 1. The monoisotopic (exact) mass is 437 g/mol. The van der Waals surface area contributed by atoms with Crippen molar-refractivity contribution in [2.24, 2.45) is 0 Å². The summed E-state index contributed by atoms with van der Waals surface area (Å²) in [5, 5.41) is 5.86. The molecule has 2 aromatic carbocycles. The SMILES string of the molecule is COc1ccc(-c2nc(CC(=O)Nc3ccccc3CN3CCCC3)cs2)cc1OC. The van der Waals surface area contributed by atoms with Crippen molar-refractivity contribution in [2.45, 2.75) is 25.8 Å². The van der Waals surface area contributed by atoms with Gasteiger partial charge in [0, 0.05) is 23.2 Å². The van der Waals surface area contributed by atoms with Crippen LogP contribution in [0.4, 0.5) is 5.69 Å². The van der Waals surface area contributed by atoms with E-state index in [2.05, 4.69) is 21.3 Å². The Morgan fingerprint density at radius 1 is 1.10 bits per heavy atom. The van der Waals surface area contributed by atoms with Gasteiger partial charge in [0.25, 0.3) is 0 Å². The highest BCUT2D eigenvalue weighted by atomic mass is 32.1. The van der Waals surface area contributed by atoms with Crippen LogP contribution in [0.25, 0.3) is 10.6 Å². The predicted molar refractivity (Wildman–Crippen MR) is 124 cm³/mol. The molecule has 3 aromatic rings. The molecule has 1 aliphatic rings. The highest BCUT2D eigenvalue weighted by molar-refractivity contribution is 7.13. The fourth-order valence-electron chi connectivity index (χ4n) is 3.81. The van der Waals surface area contributed by atoms with Crippen LogP contribution in [0.2, 0.25) is 0 Å². The number of para-hydroxylation sites is 1. The molecule has 31 heavy (non-hydrogen) atoms. The summed E-state index contributed by atoms with van der Waals surface area (Å²) in [6.45, 7) is 3.12. The van der Waals surface area contributed by atoms with Gasteiger partial charge in [-0.3, -0.25) is 9.69 Å². The van der Waals surface area contributed by atoms with E-state index < -0.39 is 0 Å². The molecule has 0 spiro atoms. The van der Waals surface area contributed by atoms with E-state index in [0.717, 1.165) is 47.2 Å². The number of nitrogens with zero attached hydrogens (tertiary/aromatic N) is 2. The fraction of sp³-hybridized carbons (Fsp3) is 0.333. The standard InChI is InChI=1S/C24H27N3O3S/c1-29-21-10-9-17(13-22(21)30-2)24-25-19(16-31-24)14-23(28)26-20-8-4-3-7-18(20)15-27-11-5-6-12-27/h3-4,7-10,13,16H,5-6,11-12,14-15H2,1-2H3,(H,26,28). The van der Waals surface area contributed by atoms with Gasteiger partial charge in [0.2, 0.25) is 5.91 Å². The number of hydrogen-bond donors (Lipinski definition) is 1. The molecule has 4 rings (SSSR count). The van der Waals surface area contributed by atoms with Crippen molar-refractivity contribution in [1.29, 1.82) is 0 Å². The summed E-state index contributed by atoms with van der Waals surface area (Å²) in [6.07, 6.45) is 2.74. The van der Waals surface area contributed by atoms with E-state index in [1.165, 1.54) is 24.2 Å². The van der Waals surface area contributed by atoms with Crippen LogP contribution in [-0.4, -0.2) is 43.1 Å². The van der Waals surface area contributed by atoms with Crippen molar-refractivity contribution in [3.63, 3.8) is 0 Å². The third-order valence-electron chi connectivity index (χ3n) is 5.41. The first-order chi connectivity index (χ1) is 15.2. The summed E-state index contributed by atoms with van der Waals surface area (Å²) in [4.78, 5) is 19.8. The molecule has 0 radical (unpaired) electrons. The smallest absolute Gasteiger partial charge is 0.230 e. The lowest BCUT2D eigenvalue weighted by Gasteiger charge is -2.17. The lowest BCUT2D eigenvalue weighted by atomic mass is 10.1. The van der Waals surface area contributed by atoms with Gasteiger partial charge in [0.1, 0.15) is 5.01 Å². The Balaban J connectivity index is 1.42. The Morgan fingerprint density at radius 3 is 2.65 bits per heavy atom. The Bertz CT molecular complexity index is 1040. The zero-order chi connectivity index (χ0) is 21.6. The van der Waals surface area contributed by atoms with E-state index >= 15 is 0 Å². The van der Waals surface area contributed by atoms with E-state index in [1.807, 2.05) is 41.8 Å². The average molecular weight is 438 g/mol. The molecule has 0 atom stereocenters. The second kappa shape index (κ2) is 9.94. The van der Waals surface area contributed by atoms with Gasteiger partial charge in [0.05, 0.1) is 26.3 Å². The molecule has 0 bridgehead atoms. The molecular weight excluding hydrogens is 410 g/mol. The number of carbonyl (C=O) groups excluding carboxylic acids is 1. The number of likely N-dealkylation sites (tertiary alicyclic amines) is 1. The summed E-state index contributed by atoms with van der Waals surface area (Å²) in [7, 11) is 3.22. The Labute approximate surface area is 186 Å². The number of thiazole rings is 1. The molecule has 0 aliphatic carbocycles. The topological polar surface area (TPSA) is 63.7 Å². The summed E-state index contributed by atoms with van der Waals surface area (Å²) >= 11 is 1.51. The second-order valence-corrected chi connectivity index (χ2v) is 8.44. The van der Waals surface area contributed by atoms with Gasteiger partial charge in [-0.05, 0) is 55.8 Å². The molecule has 1 aromatic heterocycles. The number of benzene rings is 2. The van der Waals surface area contributed by atoms with Crippen LogP contribution in [0.15, 0.2) is 47.8 Å². The van der Waals surface area contributed by atoms with Crippen molar-refractivity contribution in [2.75, 3.05) is 32.6 Å². The molecule has 1 aliphatic heterocycles. The van der Waals surface area contributed by atoms with Crippen LogP contribution in [0.5, 0.6) is 11.5 Å². The Hall–Kier alpha value is -2.90. The fourth-order valence-corrected chi connectivity index (χ4v) is 4.63. The number of ether oxygens (including phenoxy) is 2. The number of rotatable bonds is 8. The highest BCUT2D eigenvalue weighted by Gasteiger charge is 2.16. The van der Waals surface area contributed by atoms with Crippen molar-refractivity contribution in [1.82, 2.24) is 9.88 Å². The first-order valence-corrected chi connectivity index (χ1v) is 11.3. The van der Waals surface area contributed by atoms with Gasteiger partial charge in [-0.1, -0.05) is 18.2 Å². The zero-order valence-electron chi connectivity index (χ0n) is 17.9. The maximum absolute atomic E-state index is 12.7. The lowest BCUT2D eigenvalue weighted by Crippen LogP contribution is -2.21. The third kappa shape index (κ3) is 5.24. The van der Waals surface area contributed by atoms with Gasteiger partial charge in [-0.2, -0.15) is 0 Å². The van der Waals surface area contributed by atoms with E-state index in [4.69, 9.17) is 9.47 Å². The molecule has 6 nitrogen and oxygen atoms in total. The summed E-state index contributed by atoms with van der Waals surface area (Å²) in [6, 6.07) is 13.7. The van der Waals surface area contributed by atoms with Gasteiger partial charge >= 0.3 is 0 Å². The van der Waals surface area contributed by atoms with Crippen LogP contribution in [-0.2, 0) is 17.8 Å². The molecule has 2 heterocycles. The van der Waals surface area contributed by atoms with Crippen LogP contribution < -0.4 is 14.8 Å². The maximum atomic E-state index is 12.7.